The van der Waals surface area contributed by atoms with Crippen molar-refractivity contribution in [2.45, 2.75) is 61.3 Å². The Labute approximate surface area is 122 Å². The molecule has 0 bridgehead atoms. The predicted octanol–water partition coefficient (Wildman–Crippen LogP) is 4.11. The summed E-state index contributed by atoms with van der Waals surface area (Å²) in [5.74, 6) is 0.842. The average molecular weight is 271 g/mol. The minimum atomic E-state index is 0.481. The van der Waals surface area contributed by atoms with Gasteiger partial charge in [-0.15, -0.1) is 0 Å². The minimum Gasteiger partial charge on any atom is -0.301 e. The van der Waals surface area contributed by atoms with Crippen molar-refractivity contribution in [3.63, 3.8) is 0 Å². The van der Waals surface area contributed by atoms with Gasteiger partial charge in [0.05, 0.1) is 0 Å². The van der Waals surface area contributed by atoms with Crippen LogP contribution in [0.15, 0.2) is 0 Å². The molecular formula is C17H38N2. The zero-order valence-corrected chi connectivity index (χ0v) is 14.6. The number of hydrogen-bond donors (Lipinski definition) is 0. The third kappa shape index (κ3) is 10.4. The van der Waals surface area contributed by atoms with Crippen LogP contribution in [0.1, 0.15) is 61.3 Å². The van der Waals surface area contributed by atoms with E-state index in [1.165, 1.54) is 52.1 Å². The molecule has 0 aliphatic carbocycles. The lowest BCUT2D eigenvalue weighted by atomic mass is 9.92. The Kier molecular flexibility index (Phi) is 9.72. The second kappa shape index (κ2) is 9.77. The molecule has 1 aliphatic rings. The van der Waals surface area contributed by atoms with Gasteiger partial charge in [-0.2, -0.15) is 0 Å². The molecular weight excluding hydrogens is 232 g/mol. The summed E-state index contributed by atoms with van der Waals surface area (Å²) >= 11 is 0. The fourth-order valence-electron chi connectivity index (χ4n) is 2.17. The average Bonchev–Trinajstić information content (AvgIpc) is 2.36. The van der Waals surface area contributed by atoms with Crippen molar-refractivity contribution >= 4 is 0 Å². The quantitative estimate of drug-likeness (QED) is 0.742. The third-order valence-electron chi connectivity index (χ3n) is 3.67. The first-order valence-electron chi connectivity index (χ1n) is 8.31. The molecule has 0 amide bonds. The smallest absolute Gasteiger partial charge is 0.0110 e. The van der Waals surface area contributed by atoms with E-state index in [2.05, 4.69) is 44.4 Å². The largest absolute Gasteiger partial charge is 0.301 e. The van der Waals surface area contributed by atoms with E-state index in [-0.39, 0.29) is 0 Å². The molecule has 0 aromatic rings. The molecule has 0 saturated carbocycles. The van der Waals surface area contributed by atoms with Crippen LogP contribution in [0.3, 0.4) is 0 Å². The van der Waals surface area contributed by atoms with E-state index in [9.17, 15) is 0 Å². The molecule has 0 atom stereocenters. The fourth-order valence-corrected chi connectivity index (χ4v) is 2.17. The molecule has 19 heavy (non-hydrogen) atoms. The van der Waals surface area contributed by atoms with Gasteiger partial charge >= 0.3 is 0 Å². The molecule has 1 fully saturated rings. The monoisotopic (exact) mass is 270 g/mol. The molecule has 2 heteroatoms. The van der Waals surface area contributed by atoms with Gasteiger partial charge in [0.25, 0.3) is 0 Å². The van der Waals surface area contributed by atoms with Gasteiger partial charge in [0.2, 0.25) is 0 Å². The van der Waals surface area contributed by atoms with Crippen LogP contribution in [-0.4, -0.2) is 49.1 Å². The highest BCUT2D eigenvalue weighted by molar-refractivity contribution is 4.74. The van der Waals surface area contributed by atoms with Crippen LogP contribution in [-0.2, 0) is 0 Å². The van der Waals surface area contributed by atoms with Crippen molar-refractivity contribution in [2.24, 2.45) is 11.3 Å². The fraction of sp³-hybridized carbons (Fsp3) is 1.00. The molecule has 2 nitrogen and oxygen atoms in total. The molecule has 0 aromatic heterocycles. The van der Waals surface area contributed by atoms with Crippen LogP contribution in [0.4, 0.5) is 0 Å². The highest BCUT2D eigenvalue weighted by Crippen LogP contribution is 2.19. The summed E-state index contributed by atoms with van der Waals surface area (Å²) in [4.78, 5) is 5.27. The Bertz CT molecular complexity index is 198. The highest BCUT2D eigenvalue weighted by Gasteiger charge is 2.18. The molecule has 0 radical (unpaired) electrons. The number of piperazine rings is 1. The van der Waals surface area contributed by atoms with Crippen molar-refractivity contribution in [3.8, 4) is 0 Å². The van der Waals surface area contributed by atoms with E-state index in [1.54, 1.807) is 0 Å². The summed E-state index contributed by atoms with van der Waals surface area (Å²) < 4.78 is 0. The normalized spacial score (nSPS) is 18.3. The van der Waals surface area contributed by atoms with Gasteiger partial charge < -0.3 is 9.80 Å². The Balaban J connectivity index is 0.00000154. The van der Waals surface area contributed by atoms with Crippen LogP contribution in [0.25, 0.3) is 0 Å². The maximum atomic E-state index is 2.64. The van der Waals surface area contributed by atoms with Gasteiger partial charge in [-0.3, -0.25) is 0 Å². The Hall–Kier alpha value is -0.0800. The summed E-state index contributed by atoms with van der Waals surface area (Å²) in [5, 5.41) is 0. The van der Waals surface area contributed by atoms with Gasteiger partial charge in [0.15, 0.2) is 0 Å². The number of hydrogen-bond acceptors (Lipinski definition) is 2. The maximum absolute atomic E-state index is 2.64. The minimum absolute atomic E-state index is 0.481. The van der Waals surface area contributed by atoms with Gasteiger partial charge in [-0.25, -0.2) is 0 Å². The molecule has 1 heterocycles. The zero-order chi connectivity index (χ0) is 14.9. The van der Waals surface area contributed by atoms with Gasteiger partial charge in [0, 0.05) is 26.2 Å². The Morgan fingerprint density at radius 1 is 0.842 bits per heavy atom. The third-order valence-corrected chi connectivity index (χ3v) is 3.67. The standard InChI is InChI=1S/C15H32N2.C2H6/c1-14(2)6-8-16-10-12-17(13-11-16)9-7-15(3,4)5;1-2/h14H,6-13H2,1-5H3;1-2H3. The first kappa shape index (κ1) is 18.9. The van der Waals surface area contributed by atoms with Gasteiger partial charge in [0.1, 0.15) is 0 Å². The molecule has 1 rings (SSSR count). The van der Waals surface area contributed by atoms with E-state index in [0.29, 0.717) is 5.41 Å². The summed E-state index contributed by atoms with van der Waals surface area (Å²) in [6, 6.07) is 0. The Morgan fingerprint density at radius 3 is 1.63 bits per heavy atom. The lowest BCUT2D eigenvalue weighted by Crippen LogP contribution is -2.47. The predicted molar refractivity (Wildman–Crippen MR) is 87.8 cm³/mol. The molecule has 0 unspecified atom stereocenters. The first-order valence-corrected chi connectivity index (χ1v) is 8.31. The van der Waals surface area contributed by atoms with Crippen LogP contribution >= 0.6 is 0 Å². The lowest BCUT2D eigenvalue weighted by molar-refractivity contribution is 0.117. The second-order valence-electron chi connectivity index (χ2n) is 7.18. The van der Waals surface area contributed by atoms with Gasteiger partial charge in [-0.05, 0) is 37.3 Å². The molecule has 0 N–H and O–H groups in total. The van der Waals surface area contributed by atoms with E-state index < -0.39 is 0 Å². The van der Waals surface area contributed by atoms with Crippen molar-refractivity contribution in [2.75, 3.05) is 39.3 Å². The summed E-state index contributed by atoms with van der Waals surface area (Å²) in [6.45, 7) is 23.3. The summed E-state index contributed by atoms with van der Waals surface area (Å²) in [5.41, 5.74) is 0.481. The molecule has 116 valence electrons. The molecule has 0 spiro atoms. The SMILES string of the molecule is CC.CC(C)CCN1CCN(CCC(C)(C)C)CC1. The second-order valence-corrected chi connectivity index (χ2v) is 7.18. The zero-order valence-electron chi connectivity index (χ0n) is 14.6. The van der Waals surface area contributed by atoms with Crippen molar-refractivity contribution < 1.29 is 0 Å². The van der Waals surface area contributed by atoms with Crippen LogP contribution in [0.2, 0.25) is 0 Å². The summed E-state index contributed by atoms with van der Waals surface area (Å²) in [7, 11) is 0. The molecule has 1 saturated heterocycles. The van der Waals surface area contributed by atoms with E-state index in [4.69, 9.17) is 0 Å². The van der Waals surface area contributed by atoms with Crippen molar-refractivity contribution in [3.05, 3.63) is 0 Å². The topological polar surface area (TPSA) is 6.48 Å². The van der Waals surface area contributed by atoms with Crippen molar-refractivity contribution in [1.29, 1.82) is 0 Å². The van der Waals surface area contributed by atoms with Gasteiger partial charge in [-0.1, -0.05) is 48.5 Å². The van der Waals surface area contributed by atoms with Crippen LogP contribution < -0.4 is 0 Å². The van der Waals surface area contributed by atoms with E-state index in [1.807, 2.05) is 13.8 Å². The van der Waals surface area contributed by atoms with Crippen molar-refractivity contribution in [1.82, 2.24) is 9.80 Å². The maximum Gasteiger partial charge on any atom is 0.0110 e. The Morgan fingerprint density at radius 2 is 1.26 bits per heavy atom. The first-order chi connectivity index (χ1) is 8.87. The molecule has 1 aliphatic heterocycles. The summed E-state index contributed by atoms with van der Waals surface area (Å²) in [6.07, 6.45) is 2.67. The number of nitrogens with zero attached hydrogens (tertiary/aromatic N) is 2. The van der Waals surface area contributed by atoms with E-state index >= 15 is 0 Å². The highest BCUT2D eigenvalue weighted by atomic mass is 15.3. The van der Waals surface area contributed by atoms with E-state index in [0.717, 1.165) is 5.92 Å². The van der Waals surface area contributed by atoms with Crippen LogP contribution in [0.5, 0.6) is 0 Å². The number of rotatable bonds is 5. The molecule has 0 aromatic carbocycles. The van der Waals surface area contributed by atoms with Crippen LogP contribution in [0, 0.1) is 11.3 Å². The lowest BCUT2D eigenvalue weighted by Gasteiger charge is -2.36.